The van der Waals surface area contributed by atoms with Crippen molar-refractivity contribution in [3.8, 4) is 5.75 Å². The highest BCUT2D eigenvalue weighted by molar-refractivity contribution is 6.08. The minimum atomic E-state index is -0.435. The van der Waals surface area contributed by atoms with Crippen LogP contribution in [0.4, 0.5) is 10.1 Å². The summed E-state index contributed by atoms with van der Waals surface area (Å²) in [5.41, 5.74) is 1.64. The zero-order valence-electron chi connectivity index (χ0n) is 17.7. The van der Waals surface area contributed by atoms with Crippen molar-refractivity contribution in [3.05, 3.63) is 102 Å². The Hall–Kier alpha value is -4.40. The van der Waals surface area contributed by atoms with Crippen LogP contribution in [0.2, 0.25) is 0 Å². The molecule has 0 radical (unpaired) electrons. The fourth-order valence-corrected chi connectivity index (χ4v) is 3.06. The van der Waals surface area contributed by atoms with Crippen molar-refractivity contribution in [3.63, 3.8) is 0 Å². The number of hydrogen-bond donors (Lipinski definition) is 2. The number of benzene rings is 2. The van der Waals surface area contributed by atoms with Gasteiger partial charge in [0.05, 0.1) is 18.5 Å². The molecule has 33 heavy (non-hydrogen) atoms. The number of aryl methyl sites for hydroxylation is 1. The van der Waals surface area contributed by atoms with Crippen molar-refractivity contribution in [1.29, 1.82) is 0 Å². The average molecular weight is 448 g/mol. The summed E-state index contributed by atoms with van der Waals surface area (Å²) in [6, 6.07) is 16.1. The van der Waals surface area contributed by atoms with Crippen LogP contribution >= 0.6 is 0 Å². The monoisotopic (exact) mass is 448 g/mol. The fraction of sp³-hybridized carbons (Fsp3) is 0.125. The number of nitrogens with one attached hydrogen (secondary N) is 2. The molecule has 2 heterocycles. The van der Waals surface area contributed by atoms with E-state index in [0.29, 0.717) is 22.8 Å². The van der Waals surface area contributed by atoms with Crippen LogP contribution in [0.3, 0.4) is 0 Å². The predicted octanol–water partition coefficient (Wildman–Crippen LogP) is 3.91. The average Bonchev–Trinajstić information content (AvgIpc) is 3.47. The SMILES string of the molecule is Cn1cc(NC(=O)c2ccc(COc3ccc(F)cc3)cc2)c(C(=O)NCc2ccco2)n1. The molecule has 2 N–H and O–H groups in total. The number of furan rings is 1. The van der Waals surface area contributed by atoms with Gasteiger partial charge in [-0.25, -0.2) is 4.39 Å². The second-order valence-electron chi connectivity index (χ2n) is 7.22. The molecule has 4 rings (SSSR count). The molecule has 9 heteroatoms. The molecule has 0 bridgehead atoms. The number of carbonyl (C=O) groups is 2. The van der Waals surface area contributed by atoms with Gasteiger partial charge in [0.2, 0.25) is 0 Å². The van der Waals surface area contributed by atoms with Gasteiger partial charge in [-0.3, -0.25) is 14.3 Å². The standard InChI is InChI=1S/C24H21FN4O4/c1-29-14-21(22(28-29)24(31)26-13-20-3-2-12-32-20)27-23(30)17-6-4-16(5-7-17)15-33-19-10-8-18(25)9-11-19/h2-12,14H,13,15H2,1H3,(H,26,31)(H,27,30). The van der Waals surface area contributed by atoms with Crippen molar-refractivity contribution in [2.24, 2.45) is 7.05 Å². The predicted molar refractivity (Wildman–Crippen MR) is 118 cm³/mol. The third-order valence-electron chi connectivity index (χ3n) is 4.73. The minimum absolute atomic E-state index is 0.0988. The first kappa shape index (κ1) is 21.8. The quantitative estimate of drug-likeness (QED) is 0.426. The molecule has 168 valence electrons. The summed E-state index contributed by atoms with van der Waals surface area (Å²) in [6.07, 6.45) is 3.08. The summed E-state index contributed by atoms with van der Waals surface area (Å²) in [7, 11) is 1.66. The van der Waals surface area contributed by atoms with Gasteiger partial charge < -0.3 is 19.8 Å². The zero-order valence-corrected chi connectivity index (χ0v) is 17.7. The number of amides is 2. The summed E-state index contributed by atoms with van der Waals surface area (Å²) < 4.78 is 25.2. The number of aromatic nitrogens is 2. The number of halogens is 1. The first-order valence-corrected chi connectivity index (χ1v) is 10.1. The first-order chi connectivity index (χ1) is 16.0. The lowest BCUT2D eigenvalue weighted by Gasteiger charge is -2.08. The van der Waals surface area contributed by atoms with Gasteiger partial charge in [0.1, 0.15) is 23.9 Å². The van der Waals surface area contributed by atoms with Gasteiger partial charge in [0.15, 0.2) is 5.69 Å². The summed E-state index contributed by atoms with van der Waals surface area (Å²) in [6.45, 7) is 0.480. The van der Waals surface area contributed by atoms with Crippen molar-refractivity contribution in [2.45, 2.75) is 13.2 Å². The molecule has 2 amide bonds. The largest absolute Gasteiger partial charge is 0.489 e. The minimum Gasteiger partial charge on any atom is -0.489 e. The van der Waals surface area contributed by atoms with Crippen molar-refractivity contribution < 1.29 is 23.1 Å². The molecule has 0 aliphatic rings. The normalized spacial score (nSPS) is 10.6. The first-order valence-electron chi connectivity index (χ1n) is 10.1. The number of ether oxygens (including phenoxy) is 1. The molecule has 0 aliphatic carbocycles. The molecular weight excluding hydrogens is 427 g/mol. The molecule has 0 saturated heterocycles. The summed E-state index contributed by atoms with van der Waals surface area (Å²) in [5.74, 6) is 0.00943. The van der Waals surface area contributed by atoms with Crippen LogP contribution in [-0.2, 0) is 20.2 Å². The van der Waals surface area contributed by atoms with Gasteiger partial charge in [0, 0.05) is 18.8 Å². The Bertz CT molecular complexity index is 1230. The zero-order chi connectivity index (χ0) is 23.2. The fourth-order valence-electron chi connectivity index (χ4n) is 3.06. The van der Waals surface area contributed by atoms with E-state index < -0.39 is 5.91 Å². The highest BCUT2D eigenvalue weighted by atomic mass is 19.1. The maximum Gasteiger partial charge on any atom is 0.274 e. The van der Waals surface area contributed by atoms with E-state index in [0.717, 1.165) is 5.56 Å². The smallest absolute Gasteiger partial charge is 0.274 e. The Morgan fingerprint density at radius 3 is 2.52 bits per heavy atom. The van der Waals surface area contributed by atoms with Crippen LogP contribution in [0.5, 0.6) is 5.75 Å². The summed E-state index contributed by atoms with van der Waals surface area (Å²) in [4.78, 5) is 25.2. The summed E-state index contributed by atoms with van der Waals surface area (Å²) in [5, 5.41) is 9.59. The molecule has 0 atom stereocenters. The number of rotatable bonds is 8. The molecule has 0 aliphatic heterocycles. The number of carbonyl (C=O) groups excluding carboxylic acids is 2. The van der Waals surface area contributed by atoms with Gasteiger partial charge in [-0.15, -0.1) is 0 Å². The Kier molecular flexibility index (Phi) is 6.49. The summed E-state index contributed by atoms with van der Waals surface area (Å²) >= 11 is 0. The van der Waals surface area contributed by atoms with E-state index in [2.05, 4.69) is 15.7 Å². The van der Waals surface area contributed by atoms with E-state index in [1.165, 1.54) is 23.1 Å². The van der Waals surface area contributed by atoms with Gasteiger partial charge >= 0.3 is 0 Å². The van der Waals surface area contributed by atoms with Gasteiger partial charge in [0.25, 0.3) is 11.8 Å². The Labute approximate surface area is 189 Å². The van der Waals surface area contributed by atoms with Crippen molar-refractivity contribution in [1.82, 2.24) is 15.1 Å². The highest BCUT2D eigenvalue weighted by Gasteiger charge is 2.19. The van der Waals surface area contributed by atoms with E-state index >= 15 is 0 Å². The molecule has 0 spiro atoms. The van der Waals surface area contributed by atoms with Crippen molar-refractivity contribution in [2.75, 3.05) is 5.32 Å². The van der Waals surface area contributed by atoms with E-state index in [-0.39, 0.29) is 30.6 Å². The lowest BCUT2D eigenvalue weighted by Crippen LogP contribution is -2.25. The molecule has 0 saturated carbocycles. The molecule has 2 aromatic carbocycles. The number of nitrogens with zero attached hydrogens (tertiary/aromatic N) is 2. The van der Waals surface area contributed by atoms with E-state index in [4.69, 9.17) is 9.15 Å². The van der Waals surface area contributed by atoms with Crippen LogP contribution in [0.25, 0.3) is 0 Å². The Morgan fingerprint density at radius 2 is 1.82 bits per heavy atom. The number of anilines is 1. The Morgan fingerprint density at radius 1 is 1.06 bits per heavy atom. The maximum absolute atomic E-state index is 13.0. The molecule has 2 aromatic heterocycles. The van der Waals surface area contributed by atoms with Crippen LogP contribution in [0.15, 0.2) is 77.5 Å². The highest BCUT2D eigenvalue weighted by Crippen LogP contribution is 2.17. The van der Waals surface area contributed by atoms with E-state index in [1.807, 2.05) is 0 Å². The number of hydrogen-bond acceptors (Lipinski definition) is 5. The third-order valence-corrected chi connectivity index (χ3v) is 4.73. The lowest BCUT2D eigenvalue weighted by molar-refractivity contribution is 0.0943. The molecule has 0 fully saturated rings. The second kappa shape index (κ2) is 9.82. The van der Waals surface area contributed by atoms with Gasteiger partial charge in [-0.05, 0) is 54.1 Å². The van der Waals surface area contributed by atoms with Gasteiger partial charge in [-0.1, -0.05) is 12.1 Å². The molecule has 0 unspecified atom stereocenters. The van der Waals surface area contributed by atoms with Crippen LogP contribution < -0.4 is 15.4 Å². The maximum atomic E-state index is 13.0. The van der Waals surface area contributed by atoms with Crippen LogP contribution in [0.1, 0.15) is 32.2 Å². The second-order valence-corrected chi connectivity index (χ2v) is 7.22. The van der Waals surface area contributed by atoms with E-state index in [1.54, 1.807) is 61.8 Å². The van der Waals surface area contributed by atoms with Crippen molar-refractivity contribution >= 4 is 17.5 Å². The third kappa shape index (κ3) is 5.65. The van der Waals surface area contributed by atoms with Gasteiger partial charge in [-0.2, -0.15) is 5.10 Å². The lowest BCUT2D eigenvalue weighted by atomic mass is 10.1. The topological polar surface area (TPSA) is 98.4 Å². The van der Waals surface area contributed by atoms with Crippen LogP contribution in [-0.4, -0.2) is 21.6 Å². The Balaban J connectivity index is 1.36. The molecule has 8 nitrogen and oxygen atoms in total. The van der Waals surface area contributed by atoms with Crippen LogP contribution in [0, 0.1) is 5.82 Å². The molecular formula is C24H21FN4O4. The van der Waals surface area contributed by atoms with E-state index in [9.17, 15) is 14.0 Å². The molecule has 4 aromatic rings.